The second-order valence-electron chi connectivity index (χ2n) is 5.26. The SMILES string of the molecule is CC1=C(C(=O)N(C)Cc2ccc(Cl)cc2Cl)[C@H](C)NC(=O)N1. The van der Waals surface area contributed by atoms with Crippen molar-refractivity contribution in [2.45, 2.75) is 26.4 Å². The Hall–Kier alpha value is -1.72. The van der Waals surface area contributed by atoms with Crippen LogP contribution in [0, 0.1) is 0 Å². The van der Waals surface area contributed by atoms with Crippen LogP contribution in [0.5, 0.6) is 0 Å². The number of halogens is 2. The molecule has 0 fully saturated rings. The van der Waals surface area contributed by atoms with Gasteiger partial charge in [-0.15, -0.1) is 0 Å². The van der Waals surface area contributed by atoms with Gasteiger partial charge in [0.15, 0.2) is 0 Å². The maximum Gasteiger partial charge on any atom is 0.319 e. The summed E-state index contributed by atoms with van der Waals surface area (Å²) in [6.07, 6.45) is 0. The summed E-state index contributed by atoms with van der Waals surface area (Å²) in [6, 6.07) is 4.53. The number of likely N-dealkylation sites (N-methyl/N-ethyl adjacent to an activating group) is 1. The summed E-state index contributed by atoms with van der Waals surface area (Å²) >= 11 is 12.0. The topological polar surface area (TPSA) is 61.4 Å². The van der Waals surface area contributed by atoms with E-state index < -0.39 is 0 Å². The van der Waals surface area contributed by atoms with Crippen LogP contribution < -0.4 is 10.6 Å². The van der Waals surface area contributed by atoms with E-state index in [2.05, 4.69) is 10.6 Å². The van der Waals surface area contributed by atoms with E-state index in [0.29, 0.717) is 27.9 Å². The summed E-state index contributed by atoms with van der Waals surface area (Å²) in [4.78, 5) is 25.6. The molecule has 5 nitrogen and oxygen atoms in total. The van der Waals surface area contributed by atoms with E-state index in [-0.39, 0.29) is 18.0 Å². The van der Waals surface area contributed by atoms with Crippen LogP contribution in [0.25, 0.3) is 0 Å². The molecule has 22 heavy (non-hydrogen) atoms. The maximum absolute atomic E-state index is 12.6. The van der Waals surface area contributed by atoms with Gasteiger partial charge in [-0.05, 0) is 31.5 Å². The Balaban J connectivity index is 2.18. The standard InChI is InChI=1S/C15H17Cl2N3O2/c1-8-13(9(2)19-15(22)18-8)14(21)20(3)7-10-4-5-11(16)6-12(10)17/h4-6,8H,7H2,1-3H3,(H2,18,19,22)/t8-/m0/s1. The van der Waals surface area contributed by atoms with E-state index in [1.54, 1.807) is 44.0 Å². The molecular weight excluding hydrogens is 325 g/mol. The Labute approximate surface area is 139 Å². The second kappa shape index (κ2) is 6.58. The van der Waals surface area contributed by atoms with Crippen molar-refractivity contribution in [3.8, 4) is 0 Å². The average molecular weight is 342 g/mol. The van der Waals surface area contributed by atoms with Gasteiger partial charge in [-0.2, -0.15) is 0 Å². The number of nitrogens with zero attached hydrogens (tertiary/aromatic N) is 1. The molecule has 0 radical (unpaired) electrons. The highest BCUT2D eigenvalue weighted by atomic mass is 35.5. The fraction of sp³-hybridized carbons (Fsp3) is 0.333. The number of hydrogen-bond acceptors (Lipinski definition) is 2. The lowest BCUT2D eigenvalue weighted by Gasteiger charge is -2.28. The summed E-state index contributed by atoms with van der Waals surface area (Å²) < 4.78 is 0. The summed E-state index contributed by atoms with van der Waals surface area (Å²) in [5.74, 6) is -0.163. The number of amides is 3. The van der Waals surface area contributed by atoms with Crippen LogP contribution in [0.4, 0.5) is 4.79 Å². The smallest absolute Gasteiger partial charge is 0.319 e. The van der Waals surface area contributed by atoms with E-state index in [0.717, 1.165) is 5.56 Å². The van der Waals surface area contributed by atoms with Gasteiger partial charge in [-0.3, -0.25) is 4.79 Å². The van der Waals surface area contributed by atoms with Crippen LogP contribution in [-0.2, 0) is 11.3 Å². The Morgan fingerprint density at radius 3 is 2.64 bits per heavy atom. The molecule has 118 valence electrons. The molecule has 0 spiro atoms. The van der Waals surface area contributed by atoms with Crippen molar-refractivity contribution in [3.05, 3.63) is 45.1 Å². The highest BCUT2D eigenvalue weighted by Crippen LogP contribution is 2.23. The van der Waals surface area contributed by atoms with E-state index in [1.165, 1.54) is 0 Å². The highest BCUT2D eigenvalue weighted by Gasteiger charge is 2.28. The predicted molar refractivity (Wildman–Crippen MR) is 86.8 cm³/mol. The molecule has 0 aromatic heterocycles. The van der Waals surface area contributed by atoms with Crippen LogP contribution in [0.1, 0.15) is 19.4 Å². The van der Waals surface area contributed by atoms with Gasteiger partial charge in [0.2, 0.25) is 0 Å². The Kier molecular flexibility index (Phi) is 4.98. The molecule has 1 aliphatic rings. The summed E-state index contributed by atoms with van der Waals surface area (Å²) in [5, 5.41) is 6.36. The quantitative estimate of drug-likeness (QED) is 0.887. The Bertz CT molecular complexity index is 658. The summed E-state index contributed by atoms with van der Waals surface area (Å²) in [5.41, 5.74) is 1.91. The molecule has 7 heteroatoms. The molecule has 0 saturated heterocycles. The van der Waals surface area contributed by atoms with Crippen LogP contribution in [0.2, 0.25) is 10.0 Å². The van der Waals surface area contributed by atoms with Gasteiger partial charge in [-0.1, -0.05) is 29.3 Å². The fourth-order valence-electron chi connectivity index (χ4n) is 2.40. The minimum absolute atomic E-state index is 0.163. The molecule has 0 bridgehead atoms. The largest absolute Gasteiger partial charge is 0.337 e. The fourth-order valence-corrected chi connectivity index (χ4v) is 2.86. The third kappa shape index (κ3) is 3.54. The second-order valence-corrected chi connectivity index (χ2v) is 6.10. The third-order valence-electron chi connectivity index (χ3n) is 3.49. The lowest BCUT2D eigenvalue weighted by Crippen LogP contribution is -2.50. The third-order valence-corrected chi connectivity index (χ3v) is 4.07. The molecule has 1 aliphatic heterocycles. The average Bonchev–Trinajstić information content (AvgIpc) is 2.40. The van der Waals surface area contributed by atoms with Gasteiger partial charge in [-0.25, -0.2) is 4.79 Å². The van der Waals surface area contributed by atoms with Crippen LogP contribution in [-0.4, -0.2) is 29.9 Å². The molecule has 0 unspecified atom stereocenters. The van der Waals surface area contributed by atoms with Crippen LogP contribution in [0.15, 0.2) is 29.5 Å². The number of allylic oxidation sites excluding steroid dienone is 1. The van der Waals surface area contributed by atoms with Gasteiger partial charge in [0.25, 0.3) is 5.91 Å². The van der Waals surface area contributed by atoms with Crippen molar-refractivity contribution in [1.82, 2.24) is 15.5 Å². The van der Waals surface area contributed by atoms with Gasteiger partial charge >= 0.3 is 6.03 Å². The molecule has 3 amide bonds. The van der Waals surface area contributed by atoms with Gasteiger partial charge in [0.1, 0.15) is 0 Å². The van der Waals surface area contributed by atoms with Gasteiger partial charge in [0, 0.05) is 29.3 Å². The van der Waals surface area contributed by atoms with Crippen molar-refractivity contribution in [1.29, 1.82) is 0 Å². The molecule has 1 aromatic rings. The first-order valence-corrected chi connectivity index (χ1v) is 7.53. The maximum atomic E-state index is 12.6. The molecular formula is C15H17Cl2N3O2. The van der Waals surface area contributed by atoms with Gasteiger partial charge < -0.3 is 15.5 Å². The zero-order valence-corrected chi connectivity index (χ0v) is 14.0. The zero-order valence-electron chi connectivity index (χ0n) is 12.5. The van der Waals surface area contributed by atoms with Crippen molar-refractivity contribution in [2.24, 2.45) is 0 Å². The minimum Gasteiger partial charge on any atom is -0.337 e. The van der Waals surface area contributed by atoms with Crippen molar-refractivity contribution in [3.63, 3.8) is 0 Å². The molecule has 1 heterocycles. The van der Waals surface area contributed by atoms with E-state index >= 15 is 0 Å². The zero-order chi connectivity index (χ0) is 16.4. The molecule has 2 N–H and O–H groups in total. The van der Waals surface area contributed by atoms with Crippen LogP contribution in [0.3, 0.4) is 0 Å². The lowest BCUT2D eigenvalue weighted by atomic mass is 10.0. The molecule has 1 atom stereocenters. The number of benzene rings is 1. The number of nitrogens with one attached hydrogen (secondary N) is 2. The van der Waals surface area contributed by atoms with Crippen molar-refractivity contribution in [2.75, 3.05) is 7.05 Å². The van der Waals surface area contributed by atoms with E-state index in [9.17, 15) is 9.59 Å². The molecule has 0 aliphatic carbocycles. The lowest BCUT2D eigenvalue weighted by molar-refractivity contribution is -0.126. The van der Waals surface area contributed by atoms with E-state index in [1.807, 2.05) is 0 Å². The monoisotopic (exact) mass is 341 g/mol. The number of rotatable bonds is 3. The number of hydrogen-bond donors (Lipinski definition) is 2. The van der Waals surface area contributed by atoms with Gasteiger partial charge in [0.05, 0.1) is 11.6 Å². The molecule has 0 saturated carbocycles. The predicted octanol–water partition coefficient (Wildman–Crippen LogP) is 2.93. The first-order valence-electron chi connectivity index (χ1n) is 6.77. The minimum atomic E-state index is -0.343. The number of carbonyl (C=O) groups excluding carboxylic acids is 2. The van der Waals surface area contributed by atoms with Crippen molar-refractivity contribution >= 4 is 35.1 Å². The first-order chi connectivity index (χ1) is 10.3. The highest BCUT2D eigenvalue weighted by molar-refractivity contribution is 6.35. The summed E-state index contributed by atoms with van der Waals surface area (Å²) in [6.45, 7) is 3.84. The van der Waals surface area contributed by atoms with Crippen LogP contribution >= 0.6 is 23.2 Å². The normalized spacial score (nSPS) is 17.9. The Morgan fingerprint density at radius 2 is 2.05 bits per heavy atom. The molecule has 2 rings (SSSR count). The number of carbonyl (C=O) groups is 2. The van der Waals surface area contributed by atoms with Crippen molar-refractivity contribution < 1.29 is 9.59 Å². The number of urea groups is 1. The Morgan fingerprint density at radius 1 is 1.36 bits per heavy atom. The van der Waals surface area contributed by atoms with E-state index in [4.69, 9.17) is 23.2 Å². The first kappa shape index (κ1) is 16.6. The summed E-state index contributed by atoms with van der Waals surface area (Å²) in [7, 11) is 1.69. The molecule has 1 aromatic carbocycles.